The predicted octanol–water partition coefficient (Wildman–Crippen LogP) is 9.62. The number of ether oxygens (including phenoxy) is 1. The molecule has 0 radical (unpaired) electrons. The van der Waals surface area contributed by atoms with Gasteiger partial charge in [0.15, 0.2) is 0 Å². The van der Waals surface area contributed by atoms with Crippen LogP contribution in [0.4, 0.5) is 0 Å². The molecule has 1 heteroatoms. The molecular weight excluding hydrogens is 328 g/mol. The Morgan fingerprint density at radius 3 is 1.19 bits per heavy atom. The lowest BCUT2D eigenvalue weighted by Gasteiger charge is -2.13. The first-order valence-corrected chi connectivity index (χ1v) is 12.9. The van der Waals surface area contributed by atoms with Gasteiger partial charge in [-0.25, -0.2) is 0 Å². The smallest absolute Gasteiger partial charge is 0.0547 e. The van der Waals surface area contributed by atoms with Crippen molar-refractivity contribution in [2.45, 2.75) is 162 Å². The summed E-state index contributed by atoms with van der Waals surface area (Å²) in [6.45, 7) is 7.83. The zero-order valence-electron chi connectivity index (χ0n) is 19.5. The van der Waals surface area contributed by atoms with E-state index in [1.807, 2.05) is 0 Å². The van der Waals surface area contributed by atoms with Crippen LogP contribution in [-0.4, -0.2) is 12.7 Å². The van der Waals surface area contributed by atoms with Crippen LogP contribution < -0.4 is 0 Å². The van der Waals surface area contributed by atoms with E-state index in [0.29, 0.717) is 6.10 Å². The highest BCUT2D eigenvalue weighted by atomic mass is 16.5. The number of unbranched alkanes of at least 4 members (excludes halogenated alkanes) is 18. The van der Waals surface area contributed by atoms with Crippen LogP contribution in [0.2, 0.25) is 0 Å². The van der Waals surface area contributed by atoms with Crippen molar-refractivity contribution in [2.24, 2.45) is 0 Å². The SMILES string of the molecule is CCCCCCCCCCCCCCCOC(C)CCCCCCCCC. The molecule has 0 aliphatic rings. The van der Waals surface area contributed by atoms with E-state index in [9.17, 15) is 0 Å². The lowest BCUT2D eigenvalue weighted by molar-refractivity contribution is 0.0557. The Hall–Kier alpha value is -0.0400. The first kappa shape index (κ1) is 27.0. The Morgan fingerprint density at radius 2 is 0.778 bits per heavy atom. The van der Waals surface area contributed by atoms with E-state index in [-0.39, 0.29) is 0 Å². The molecule has 0 heterocycles. The van der Waals surface area contributed by atoms with Crippen LogP contribution in [0, 0.1) is 0 Å². The van der Waals surface area contributed by atoms with Gasteiger partial charge in [-0.15, -0.1) is 0 Å². The molecule has 0 bridgehead atoms. The van der Waals surface area contributed by atoms with E-state index in [2.05, 4.69) is 20.8 Å². The predicted molar refractivity (Wildman–Crippen MR) is 124 cm³/mol. The average Bonchev–Trinajstić information content (AvgIpc) is 2.67. The second-order valence-electron chi connectivity index (χ2n) is 8.83. The molecule has 1 nitrogen and oxygen atoms in total. The summed E-state index contributed by atoms with van der Waals surface area (Å²) in [4.78, 5) is 0. The van der Waals surface area contributed by atoms with Gasteiger partial charge in [-0.2, -0.15) is 0 Å². The van der Waals surface area contributed by atoms with Crippen molar-refractivity contribution in [3.05, 3.63) is 0 Å². The van der Waals surface area contributed by atoms with Crippen LogP contribution in [0.15, 0.2) is 0 Å². The second-order valence-corrected chi connectivity index (χ2v) is 8.83. The summed E-state index contributed by atoms with van der Waals surface area (Å²) in [6.07, 6.45) is 30.0. The number of hydrogen-bond acceptors (Lipinski definition) is 1. The first-order valence-electron chi connectivity index (χ1n) is 12.9. The molecule has 27 heavy (non-hydrogen) atoms. The van der Waals surface area contributed by atoms with Crippen molar-refractivity contribution in [3.8, 4) is 0 Å². The third kappa shape index (κ3) is 23.9. The molecule has 0 N–H and O–H groups in total. The van der Waals surface area contributed by atoms with Crippen molar-refractivity contribution in [3.63, 3.8) is 0 Å². The summed E-state index contributed by atoms with van der Waals surface area (Å²) in [7, 11) is 0. The minimum Gasteiger partial charge on any atom is -0.379 e. The molecule has 0 spiro atoms. The van der Waals surface area contributed by atoms with Gasteiger partial charge >= 0.3 is 0 Å². The second kappa shape index (κ2) is 24.0. The lowest BCUT2D eigenvalue weighted by Crippen LogP contribution is -2.09. The van der Waals surface area contributed by atoms with Gasteiger partial charge in [0.1, 0.15) is 0 Å². The van der Waals surface area contributed by atoms with Crippen LogP contribution in [0.5, 0.6) is 0 Å². The quantitative estimate of drug-likeness (QED) is 0.160. The van der Waals surface area contributed by atoms with Crippen molar-refractivity contribution >= 4 is 0 Å². The van der Waals surface area contributed by atoms with E-state index in [4.69, 9.17) is 4.74 Å². The molecule has 0 aromatic carbocycles. The molecule has 1 atom stereocenters. The molecule has 0 aliphatic carbocycles. The van der Waals surface area contributed by atoms with E-state index in [1.165, 1.54) is 135 Å². The zero-order chi connectivity index (χ0) is 19.8. The Labute approximate surface area is 173 Å². The van der Waals surface area contributed by atoms with Crippen LogP contribution in [-0.2, 0) is 4.74 Å². The molecule has 164 valence electrons. The maximum Gasteiger partial charge on any atom is 0.0547 e. The molecule has 0 rings (SSSR count). The molecule has 0 saturated carbocycles. The highest BCUT2D eigenvalue weighted by molar-refractivity contribution is 4.53. The van der Waals surface area contributed by atoms with Gasteiger partial charge in [0.2, 0.25) is 0 Å². The molecule has 1 unspecified atom stereocenters. The monoisotopic (exact) mass is 382 g/mol. The van der Waals surface area contributed by atoms with Crippen molar-refractivity contribution in [1.29, 1.82) is 0 Å². The molecule has 0 aromatic rings. The summed E-state index contributed by atoms with van der Waals surface area (Å²) in [5, 5.41) is 0. The largest absolute Gasteiger partial charge is 0.379 e. The summed E-state index contributed by atoms with van der Waals surface area (Å²) < 4.78 is 5.99. The topological polar surface area (TPSA) is 9.23 Å². The van der Waals surface area contributed by atoms with Gasteiger partial charge < -0.3 is 4.74 Å². The molecule has 0 aromatic heterocycles. The fraction of sp³-hybridized carbons (Fsp3) is 1.00. The summed E-state index contributed by atoms with van der Waals surface area (Å²) in [6, 6.07) is 0. The van der Waals surface area contributed by atoms with Gasteiger partial charge in [0.05, 0.1) is 6.10 Å². The standard InChI is InChI=1S/C26H54O/c1-4-6-8-10-12-13-14-15-16-17-19-21-23-25-27-26(3)24-22-20-18-11-9-7-5-2/h26H,4-25H2,1-3H3. The van der Waals surface area contributed by atoms with Gasteiger partial charge in [-0.3, -0.25) is 0 Å². The highest BCUT2D eigenvalue weighted by Gasteiger charge is 2.02. The molecular formula is C26H54O. The Morgan fingerprint density at radius 1 is 0.444 bits per heavy atom. The minimum atomic E-state index is 0.470. The summed E-state index contributed by atoms with van der Waals surface area (Å²) in [5.74, 6) is 0. The highest BCUT2D eigenvalue weighted by Crippen LogP contribution is 2.14. The Bertz CT molecular complexity index is 251. The lowest BCUT2D eigenvalue weighted by atomic mass is 10.0. The van der Waals surface area contributed by atoms with E-state index < -0.39 is 0 Å². The van der Waals surface area contributed by atoms with Gasteiger partial charge in [-0.05, 0) is 19.8 Å². The van der Waals surface area contributed by atoms with Gasteiger partial charge in [0, 0.05) is 6.61 Å². The van der Waals surface area contributed by atoms with E-state index >= 15 is 0 Å². The fourth-order valence-corrected chi connectivity index (χ4v) is 3.88. The molecule has 0 aliphatic heterocycles. The average molecular weight is 383 g/mol. The summed E-state index contributed by atoms with van der Waals surface area (Å²) in [5.41, 5.74) is 0. The van der Waals surface area contributed by atoms with Crippen molar-refractivity contribution in [1.82, 2.24) is 0 Å². The van der Waals surface area contributed by atoms with Crippen molar-refractivity contribution in [2.75, 3.05) is 6.61 Å². The molecule has 0 amide bonds. The zero-order valence-corrected chi connectivity index (χ0v) is 19.5. The Balaban J connectivity index is 3.10. The molecule has 0 fully saturated rings. The van der Waals surface area contributed by atoms with Crippen LogP contribution in [0.25, 0.3) is 0 Å². The van der Waals surface area contributed by atoms with Gasteiger partial charge in [-0.1, -0.05) is 136 Å². The maximum absolute atomic E-state index is 5.99. The van der Waals surface area contributed by atoms with E-state index in [1.54, 1.807) is 0 Å². The fourth-order valence-electron chi connectivity index (χ4n) is 3.88. The van der Waals surface area contributed by atoms with Crippen LogP contribution >= 0.6 is 0 Å². The minimum absolute atomic E-state index is 0.470. The first-order chi connectivity index (χ1) is 13.3. The normalized spacial score (nSPS) is 12.6. The van der Waals surface area contributed by atoms with Gasteiger partial charge in [0.25, 0.3) is 0 Å². The Kier molecular flexibility index (Phi) is 24.0. The third-order valence-corrected chi connectivity index (χ3v) is 5.86. The van der Waals surface area contributed by atoms with Crippen LogP contribution in [0.3, 0.4) is 0 Å². The van der Waals surface area contributed by atoms with Crippen LogP contribution in [0.1, 0.15) is 156 Å². The number of rotatable bonds is 23. The summed E-state index contributed by atoms with van der Waals surface area (Å²) >= 11 is 0. The third-order valence-electron chi connectivity index (χ3n) is 5.86. The van der Waals surface area contributed by atoms with Crippen molar-refractivity contribution < 1.29 is 4.74 Å². The maximum atomic E-state index is 5.99. The van der Waals surface area contributed by atoms with E-state index in [0.717, 1.165) is 6.61 Å². The molecule has 0 saturated heterocycles. The number of hydrogen-bond donors (Lipinski definition) is 0.